The number of phenols is 6. The van der Waals surface area contributed by atoms with Gasteiger partial charge in [0.1, 0.15) is 34.5 Å². The van der Waals surface area contributed by atoms with Crippen LogP contribution in [0.1, 0.15) is 71.9 Å². The molecule has 32 heteroatoms. The molecule has 8 heterocycles. The van der Waals surface area contributed by atoms with Gasteiger partial charge in [0, 0.05) is 85.4 Å². The fourth-order valence-corrected chi connectivity index (χ4v) is 9.57. The Kier molecular flexibility index (Phi) is 62.9. The van der Waals surface area contributed by atoms with Gasteiger partial charge in [-0.25, -0.2) is 0 Å². The summed E-state index contributed by atoms with van der Waals surface area (Å²) in [4.78, 5) is 94.0. The fourth-order valence-electron chi connectivity index (χ4n) is 9.57. The molecule has 0 spiro atoms. The Morgan fingerprint density at radius 3 is 0.365 bits per heavy atom. The molecule has 0 atom stereocenters. The van der Waals surface area contributed by atoms with Crippen molar-refractivity contribution in [3.05, 3.63) is 374 Å². The molecule has 0 aliphatic rings. The maximum absolute atomic E-state index is 10.1. The minimum atomic E-state index is -1.05. The summed E-state index contributed by atoms with van der Waals surface area (Å²) in [6.45, 7) is 0. The van der Waals surface area contributed by atoms with Crippen LogP contribution >= 0.6 is 0 Å². The first-order chi connectivity index (χ1) is 58.0. The summed E-state index contributed by atoms with van der Waals surface area (Å²) in [6.07, 6.45) is 16.9. The molecule has 0 unspecified atom stereocenters. The number of pyridine rings is 8. The normalized spacial score (nSPS) is 9.21. The monoisotopic (exact) mass is 1990 g/mol. The summed E-state index contributed by atoms with van der Waals surface area (Å²) in [5.41, 5.74) is 12.6. The van der Waals surface area contributed by atoms with E-state index in [1.54, 1.807) is 122 Å². The average Bonchev–Trinajstić information content (AvgIpc) is 0.903. The maximum Gasteiger partial charge on any atom is 3.00 e. The van der Waals surface area contributed by atoms with E-state index in [9.17, 15) is 59.4 Å². The summed E-state index contributed by atoms with van der Waals surface area (Å²) < 4.78 is 0. The molecule has 14 rings (SSSR count). The zero-order valence-electron chi connectivity index (χ0n) is 67.8. The van der Waals surface area contributed by atoms with Gasteiger partial charge in [-0.3, -0.25) is 39.9 Å². The zero-order valence-corrected chi connectivity index (χ0v) is 73.0. The molecule has 0 aliphatic heterocycles. The molecule has 0 saturated heterocycles. The number of aryl methyl sites for hydroxylation is 6. The Morgan fingerprint density at radius 2 is 0.286 bits per heavy atom. The Labute approximate surface area is 792 Å². The van der Waals surface area contributed by atoms with Crippen LogP contribution in [0.2, 0.25) is 0 Å². The van der Waals surface area contributed by atoms with Gasteiger partial charge in [-0.1, -0.05) is 121 Å². The molecule has 30 nitrogen and oxygen atoms in total. The Balaban J connectivity index is 0. The molecule has 0 saturated carbocycles. The first-order valence-corrected chi connectivity index (χ1v) is 37.1. The minimum absolute atomic E-state index is 0. The van der Waals surface area contributed by atoms with Crippen molar-refractivity contribution in [2.45, 2.75) is 77.0 Å². The van der Waals surface area contributed by atoms with Crippen molar-refractivity contribution in [2.75, 3.05) is 0 Å². The molecule has 6 aromatic carbocycles. The third-order valence-electron chi connectivity index (χ3n) is 15.7. The number of rotatable bonds is 22. The number of aliphatic carboxylic acids is 6. The van der Waals surface area contributed by atoms with Crippen LogP contribution in [0, 0.1) is 80.8 Å². The molecule has 14 N–H and O–H groups in total. The van der Waals surface area contributed by atoms with Gasteiger partial charge in [-0.05, 0) is 280 Å². The van der Waals surface area contributed by atoms with Crippen LogP contribution < -0.4 is 30.6 Å². The maximum atomic E-state index is 10.1. The van der Waals surface area contributed by atoms with Crippen molar-refractivity contribution in [3.8, 4) is 80.0 Å². The van der Waals surface area contributed by atoms with E-state index in [0.29, 0.717) is 38.5 Å². The smallest absolute Gasteiger partial charge is 0.550 e. The summed E-state index contributed by atoms with van der Waals surface area (Å²) >= 11 is 0. The van der Waals surface area contributed by atoms with Gasteiger partial charge in [0.15, 0.2) is 0 Å². The van der Waals surface area contributed by atoms with E-state index >= 15 is 0 Å². The van der Waals surface area contributed by atoms with Crippen LogP contribution in [0.3, 0.4) is 0 Å². The second kappa shape index (κ2) is 69.1. The molecule has 0 amide bonds. The molecule has 654 valence electrons. The van der Waals surface area contributed by atoms with Crippen LogP contribution in [-0.4, -0.2) is 128 Å². The molecule has 0 bridgehead atoms. The van der Waals surface area contributed by atoms with Crippen LogP contribution in [0.15, 0.2) is 341 Å². The van der Waals surface area contributed by atoms with Crippen LogP contribution in [0.5, 0.6) is 34.5 Å². The van der Waals surface area contributed by atoms with Gasteiger partial charge in [-0.2, -0.15) is 0 Å². The molecular formula is C94H94N8O22Sm2. The topological polar surface area (TPSA) is 591 Å². The summed E-state index contributed by atoms with van der Waals surface area (Å²) in [7, 11) is 0. The number of carbonyl (C=O) groups is 6. The van der Waals surface area contributed by atoms with Gasteiger partial charge >= 0.3 is 80.8 Å². The van der Waals surface area contributed by atoms with Crippen molar-refractivity contribution in [2.24, 2.45) is 0 Å². The number of carboxylic acids is 6. The molecule has 2 radical (unpaired) electrons. The number of carbonyl (C=O) groups excluding carboxylic acids is 6. The number of hydrogen-bond donors (Lipinski definition) is 6. The standard InChI is InChI=1S/4C10H8N2.6C9H10O3.4H2O.2Sm/c4*1-3-7-11-9(5-1)10-6-2-4-8-12-10;6*10-8-4-1-7(2-5-8)3-6-9(11)12;;;;;;/h4*1-8H;6*1-2,4-5,10H,3,6H2,(H,11,12);4*1H2;;/q;;;;;;;;;;;;;;2*+3/p-6. The van der Waals surface area contributed by atoms with E-state index in [-0.39, 0.29) is 176 Å². The van der Waals surface area contributed by atoms with Gasteiger partial charge in [0.2, 0.25) is 0 Å². The predicted octanol–water partition coefficient (Wildman–Crippen LogP) is 5.72. The van der Waals surface area contributed by atoms with Crippen LogP contribution in [0.4, 0.5) is 0 Å². The molecule has 126 heavy (non-hydrogen) atoms. The quantitative estimate of drug-likeness (QED) is 0.0472. The second-order valence-electron chi connectivity index (χ2n) is 25.0. The van der Waals surface area contributed by atoms with E-state index in [4.69, 9.17) is 30.6 Å². The van der Waals surface area contributed by atoms with Gasteiger partial charge < -0.3 is 112 Å². The molecule has 8 aromatic heterocycles. The molecule has 0 fully saturated rings. The van der Waals surface area contributed by atoms with E-state index < -0.39 is 35.8 Å². The number of nitrogens with zero attached hydrogens (tertiary/aromatic N) is 8. The van der Waals surface area contributed by atoms with E-state index in [1.165, 1.54) is 72.8 Å². The van der Waals surface area contributed by atoms with E-state index in [1.807, 2.05) is 146 Å². The van der Waals surface area contributed by atoms with Crippen molar-refractivity contribution < 1.29 is 193 Å². The van der Waals surface area contributed by atoms with Crippen molar-refractivity contribution in [3.63, 3.8) is 0 Å². The summed E-state index contributed by atoms with van der Waals surface area (Å²) in [5.74, 6) is -5.19. The van der Waals surface area contributed by atoms with Gasteiger partial charge in [-0.15, -0.1) is 0 Å². The van der Waals surface area contributed by atoms with Crippen molar-refractivity contribution in [1.29, 1.82) is 0 Å². The number of hydrogen-bond acceptors (Lipinski definition) is 26. The first-order valence-electron chi connectivity index (χ1n) is 37.1. The van der Waals surface area contributed by atoms with Gasteiger partial charge in [0.05, 0.1) is 45.6 Å². The fraction of sp³-hybridized carbons (Fsp3) is 0.128. The Hall–Kier alpha value is -13.3. The van der Waals surface area contributed by atoms with Crippen LogP contribution in [-0.2, 0) is 67.3 Å². The molecule has 0 aliphatic carbocycles. The summed E-state index contributed by atoms with van der Waals surface area (Å²) in [6, 6.07) is 85.1. The predicted molar refractivity (Wildman–Crippen MR) is 453 cm³/mol. The van der Waals surface area contributed by atoms with E-state index in [2.05, 4.69) is 39.9 Å². The summed E-state index contributed by atoms with van der Waals surface area (Å²) in [5, 5.41) is 114. The minimum Gasteiger partial charge on any atom is -0.550 e. The Morgan fingerprint density at radius 1 is 0.183 bits per heavy atom. The molecular weight excluding hydrogens is 1890 g/mol. The van der Waals surface area contributed by atoms with Crippen LogP contribution in [0.25, 0.3) is 45.6 Å². The SMILES string of the molecule is O.O.O.O.O=C([O-])CCc1ccc(O)cc1.O=C([O-])CCc1ccc(O)cc1.O=C([O-])CCc1ccc(O)cc1.O=C([O-])CCc1ccc(O)cc1.O=C([O-])CCc1ccc(O)cc1.O=C([O-])CCc1ccc(O)cc1.[Sm+3].[Sm+3].c1ccc(-c2ccccn2)nc1.c1ccc(-c2ccccn2)nc1.c1ccc(-c2ccccn2)nc1.c1ccc(-c2ccccn2)nc1. The number of carboxylic acid groups (broad SMARTS) is 6. The second-order valence-corrected chi connectivity index (χ2v) is 25.0. The van der Waals surface area contributed by atoms with Crippen molar-refractivity contribution >= 4 is 35.8 Å². The third kappa shape index (κ3) is 54.2. The number of benzene rings is 6. The number of aromatic hydroxyl groups is 6. The molecule has 14 aromatic rings. The Bertz CT molecular complexity index is 4270. The average molecular weight is 1990 g/mol. The van der Waals surface area contributed by atoms with Crippen molar-refractivity contribution in [1.82, 2.24) is 39.9 Å². The number of aromatic nitrogens is 8. The number of phenolic OH excluding ortho intramolecular Hbond substituents is 6. The third-order valence-corrected chi connectivity index (χ3v) is 15.7. The zero-order chi connectivity index (χ0) is 86.8. The van der Waals surface area contributed by atoms with E-state index in [0.717, 1.165) is 78.9 Å². The van der Waals surface area contributed by atoms with Gasteiger partial charge in [0.25, 0.3) is 0 Å². The first kappa shape index (κ1) is 115. The largest absolute Gasteiger partial charge is 3.00 e.